The minimum Gasteiger partial charge on any atom is -0.299 e. The molecule has 2 aliphatic rings. The van der Waals surface area contributed by atoms with Gasteiger partial charge in [0.05, 0.1) is 0 Å². The first-order chi connectivity index (χ1) is 4.38. The lowest BCUT2D eigenvalue weighted by Crippen LogP contribution is -2.14. The molecule has 1 heteroatoms. The van der Waals surface area contributed by atoms with Gasteiger partial charge in [0.25, 0.3) is 0 Å². The number of rotatable bonds is 0. The molecule has 0 radical (unpaired) electrons. The lowest BCUT2D eigenvalue weighted by Gasteiger charge is -2.09. The molecule has 2 rings (SSSR count). The van der Waals surface area contributed by atoms with E-state index < -0.39 is 0 Å². The van der Waals surface area contributed by atoms with E-state index in [1.54, 1.807) is 0 Å². The van der Waals surface area contributed by atoms with Crippen LogP contribution < -0.4 is 0 Å². The molecule has 2 aliphatic carbocycles. The van der Waals surface area contributed by atoms with Crippen molar-refractivity contribution < 1.29 is 4.79 Å². The van der Waals surface area contributed by atoms with E-state index in [0.717, 1.165) is 19.3 Å². The first-order valence-electron chi connectivity index (χ1n) is 3.58. The Labute approximate surface area is 54.8 Å². The molecule has 9 heavy (non-hydrogen) atoms. The molecule has 2 bridgehead atoms. The Morgan fingerprint density at radius 1 is 1.44 bits per heavy atom. The molecular weight excluding hydrogens is 112 g/mol. The van der Waals surface area contributed by atoms with Gasteiger partial charge in [-0.3, -0.25) is 4.79 Å². The lowest BCUT2D eigenvalue weighted by atomic mass is 9.94. The molecule has 0 spiro atoms. The van der Waals surface area contributed by atoms with Crippen LogP contribution in [0.1, 0.15) is 19.3 Å². The molecule has 0 aromatic carbocycles. The van der Waals surface area contributed by atoms with E-state index in [1.165, 1.54) is 0 Å². The predicted molar refractivity (Wildman–Crippen MR) is 35.0 cm³/mol. The van der Waals surface area contributed by atoms with Crippen molar-refractivity contribution in [3.8, 4) is 0 Å². The molecule has 0 aromatic rings. The third kappa shape index (κ3) is 0.640. The highest BCUT2D eigenvalue weighted by Gasteiger charge is 2.33. The van der Waals surface area contributed by atoms with Crippen LogP contribution in [-0.2, 0) is 4.79 Å². The van der Waals surface area contributed by atoms with Gasteiger partial charge in [-0.15, -0.1) is 0 Å². The molecule has 0 amide bonds. The number of fused-ring (bicyclic) bond motifs is 2. The number of Topliss-reactive ketones (excluding diaryl/α,β-unsaturated/α-hetero) is 1. The average molecular weight is 122 g/mol. The zero-order valence-corrected chi connectivity index (χ0v) is 5.34. The largest absolute Gasteiger partial charge is 0.299 e. The summed E-state index contributed by atoms with van der Waals surface area (Å²) >= 11 is 0. The molecule has 1 nitrogen and oxygen atoms in total. The fourth-order valence-corrected chi connectivity index (χ4v) is 1.80. The average Bonchev–Trinajstić information content (AvgIpc) is 2.19. The molecule has 48 valence electrons. The third-order valence-electron chi connectivity index (χ3n) is 2.38. The SMILES string of the molecule is O=C1[C@@H]2CC=C[C@H]1CC2. The van der Waals surface area contributed by atoms with Crippen molar-refractivity contribution >= 4 is 5.78 Å². The Bertz CT molecular complexity index is 169. The minimum absolute atomic E-state index is 0.309. The van der Waals surface area contributed by atoms with E-state index in [2.05, 4.69) is 12.2 Å². The number of ketones is 1. The Morgan fingerprint density at radius 3 is 3.00 bits per heavy atom. The Hall–Kier alpha value is -0.590. The first-order valence-corrected chi connectivity index (χ1v) is 3.58. The smallest absolute Gasteiger partial charge is 0.143 e. The molecular formula is C8H10O. The molecule has 0 heterocycles. The van der Waals surface area contributed by atoms with E-state index in [0.29, 0.717) is 17.6 Å². The van der Waals surface area contributed by atoms with Gasteiger partial charge in [-0.1, -0.05) is 12.2 Å². The van der Waals surface area contributed by atoms with Crippen LogP contribution >= 0.6 is 0 Å². The summed E-state index contributed by atoms with van der Waals surface area (Å²) in [7, 11) is 0. The topological polar surface area (TPSA) is 17.1 Å². The first kappa shape index (κ1) is 5.21. The number of carbonyl (C=O) groups excluding carboxylic acids is 1. The van der Waals surface area contributed by atoms with Crippen LogP contribution in [-0.4, -0.2) is 5.78 Å². The molecule has 0 N–H and O–H groups in total. The van der Waals surface area contributed by atoms with E-state index >= 15 is 0 Å². The summed E-state index contributed by atoms with van der Waals surface area (Å²) in [6, 6.07) is 0. The second-order valence-electron chi connectivity index (χ2n) is 2.95. The number of carbonyl (C=O) groups is 1. The maximum Gasteiger partial charge on any atom is 0.143 e. The number of hydrogen-bond donors (Lipinski definition) is 0. The summed E-state index contributed by atoms with van der Waals surface area (Å²) in [6.07, 6.45) is 7.49. The summed E-state index contributed by atoms with van der Waals surface area (Å²) in [5, 5.41) is 0. The monoisotopic (exact) mass is 122 g/mol. The summed E-state index contributed by atoms with van der Waals surface area (Å²) in [5.74, 6) is 1.21. The summed E-state index contributed by atoms with van der Waals surface area (Å²) < 4.78 is 0. The van der Waals surface area contributed by atoms with Crippen molar-refractivity contribution in [2.24, 2.45) is 11.8 Å². The van der Waals surface area contributed by atoms with E-state index in [9.17, 15) is 4.79 Å². The normalized spacial score (nSPS) is 39.8. The van der Waals surface area contributed by atoms with Gasteiger partial charge in [0.2, 0.25) is 0 Å². The summed E-state index contributed by atoms with van der Waals surface area (Å²) in [6.45, 7) is 0. The van der Waals surface area contributed by atoms with Crippen molar-refractivity contribution in [1.82, 2.24) is 0 Å². The Morgan fingerprint density at radius 2 is 2.33 bits per heavy atom. The van der Waals surface area contributed by atoms with Crippen LogP contribution in [0.2, 0.25) is 0 Å². The fourth-order valence-electron chi connectivity index (χ4n) is 1.80. The van der Waals surface area contributed by atoms with Crippen molar-refractivity contribution in [2.75, 3.05) is 0 Å². The minimum atomic E-state index is 0.309. The van der Waals surface area contributed by atoms with Crippen LogP contribution in [0.15, 0.2) is 12.2 Å². The van der Waals surface area contributed by atoms with Gasteiger partial charge in [-0.2, -0.15) is 0 Å². The zero-order valence-electron chi connectivity index (χ0n) is 5.34. The quantitative estimate of drug-likeness (QED) is 0.445. The lowest BCUT2D eigenvalue weighted by molar-refractivity contribution is -0.123. The van der Waals surface area contributed by atoms with Crippen molar-refractivity contribution in [3.05, 3.63) is 12.2 Å². The van der Waals surface area contributed by atoms with Crippen LogP contribution in [0, 0.1) is 11.8 Å². The Balaban J connectivity index is 2.32. The molecule has 0 aliphatic heterocycles. The Kier molecular flexibility index (Phi) is 0.981. The highest BCUT2D eigenvalue weighted by Crippen LogP contribution is 2.34. The molecule has 0 saturated heterocycles. The fraction of sp³-hybridized carbons (Fsp3) is 0.625. The predicted octanol–water partition coefficient (Wildman–Crippen LogP) is 1.54. The highest BCUT2D eigenvalue weighted by molar-refractivity contribution is 5.88. The molecule has 0 unspecified atom stereocenters. The third-order valence-corrected chi connectivity index (χ3v) is 2.38. The van der Waals surface area contributed by atoms with Crippen molar-refractivity contribution in [3.63, 3.8) is 0 Å². The van der Waals surface area contributed by atoms with E-state index in [4.69, 9.17) is 0 Å². The zero-order chi connectivity index (χ0) is 6.27. The van der Waals surface area contributed by atoms with Crippen LogP contribution in [0.25, 0.3) is 0 Å². The number of hydrogen-bond acceptors (Lipinski definition) is 1. The van der Waals surface area contributed by atoms with Crippen LogP contribution in [0.4, 0.5) is 0 Å². The molecule has 1 fully saturated rings. The van der Waals surface area contributed by atoms with E-state index in [-0.39, 0.29) is 0 Å². The second-order valence-corrected chi connectivity index (χ2v) is 2.95. The maximum atomic E-state index is 11.1. The van der Waals surface area contributed by atoms with Gasteiger partial charge in [-0.25, -0.2) is 0 Å². The molecule has 0 aromatic heterocycles. The van der Waals surface area contributed by atoms with Gasteiger partial charge in [0.1, 0.15) is 5.78 Å². The van der Waals surface area contributed by atoms with Crippen LogP contribution in [0.5, 0.6) is 0 Å². The standard InChI is InChI=1S/C8H10O/c9-8-6-2-1-3-7(8)5-4-6/h1-2,6-7H,3-5H2/t6-,7+/m0/s1. The van der Waals surface area contributed by atoms with Crippen molar-refractivity contribution in [1.29, 1.82) is 0 Å². The van der Waals surface area contributed by atoms with Gasteiger partial charge in [-0.05, 0) is 19.3 Å². The highest BCUT2D eigenvalue weighted by atomic mass is 16.1. The number of allylic oxidation sites excluding steroid dienone is 2. The van der Waals surface area contributed by atoms with Crippen molar-refractivity contribution in [2.45, 2.75) is 19.3 Å². The van der Waals surface area contributed by atoms with Crippen LogP contribution in [0.3, 0.4) is 0 Å². The summed E-state index contributed by atoms with van der Waals surface area (Å²) in [5.41, 5.74) is 0. The summed E-state index contributed by atoms with van der Waals surface area (Å²) in [4.78, 5) is 11.1. The van der Waals surface area contributed by atoms with Gasteiger partial charge < -0.3 is 0 Å². The van der Waals surface area contributed by atoms with Gasteiger partial charge in [0, 0.05) is 11.8 Å². The van der Waals surface area contributed by atoms with E-state index in [1.807, 2.05) is 0 Å². The van der Waals surface area contributed by atoms with Gasteiger partial charge >= 0.3 is 0 Å². The van der Waals surface area contributed by atoms with Gasteiger partial charge in [0.15, 0.2) is 0 Å². The second kappa shape index (κ2) is 1.69. The maximum absolute atomic E-state index is 11.1. The molecule has 2 atom stereocenters. The molecule has 1 saturated carbocycles.